The zero-order valence-corrected chi connectivity index (χ0v) is 13.9. The van der Waals surface area contributed by atoms with Crippen LogP contribution in [-0.4, -0.2) is 17.1 Å². The standard InChI is InChI=1S/C19H18N2OS/c1-13(15-10-5-8-14-7-3-4-9-16(14)15)21-18(22)17-11-6-12-20-19(17)23-2/h3-13H,1-2H3,(H,21,22)/t13-/m1/s1. The number of hydrogen-bond acceptors (Lipinski definition) is 3. The summed E-state index contributed by atoms with van der Waals surface area (Å²) in [6.45, 7) is 2.01. The molecule has 1 amide bonds. The van der Waals surface area contributed by atoms with Crippen LogP contribution in [0.3, 0.4) is 0 Å². The zero-order chi connectivity index (χ0) is 16.2. The van der Waals surface area contributed by atoms with Gasteiger partial charge in [0.1, 0.15) is 5.03 Å². The molecule has 0 aliphatic heterocycles. The highest BCUT2D eigenvalue weighted by molar-refractivity contribution is 7.98. The van der Waals surface area contributed by atoms with E-state index in [9.17, 15) is 4.79 Å². The van der Waals surface area contributed by atoms with Gasteiger partial charge in [0.25, 0.3) is 5.91 Å². The summed E-state index contributed by atoms with van der Waals surface area (Å²) in [6, 6.07) is 17.9. The Morgan fingerprint density at radius 2 is 1.87 bits per heavy atom. The van der Waals surface area contributed by atoms with Crippen molar-refractivity contribution in [2.24, 2.45) is 0 Å². The van der Waals surface area contributed by atoms with Crippen LogP contribution in [-0.2, 0) is 0 Å². The Bertz CT molecular complexity index is 842. The largest absolute Gasteiger partial charge is 0.345 e. The Hall–Kier alpha value is -2.33. The van der Waals surface area contributed by atoms with E-state index in [1.54, 1.807) is 12.3 Å². The second kappa shape index (κ2) is 6.84. The van der Waals surface area contributed by atoms with Crippen LogP contribution < -0.4 is 5.32 Å². The van der Waals surface area contributed by atoms with E-state index in [-0.39, 0.29) is 11.9 Å². The number of carbonyl (C=O) groups excluding carboxylic acids is 1. The SMILES string of the molecule is CSc1ncccc1C(=O)N[C@H](C)c1cccc2ccccc12. The van der Waals surface area contributed by atoms with Gasteiger partial charge in [-0.25, -0.2) is 4.98 Å². The molecule has 3 rings (SSSR count). The van der Waals surface area contributed by atoms with Gasteiger partial charge in [-0.05, 0) is 41.6 Å². The lowest BCUT2D eigenvalue weighted by atomic mass is 9.99. The Morgan fingerprint density at radius 3 is 2.70 bits per heavy atom. The first-order valence-corrected chi connectivity index (χ1v) is 8.70. The molecule has 1 heterocycles. The van der Waals surface area contributed by atoms with E-state index in [4.69, 9.17) is 0 Å². The van der Waals surface area contributed by atoms with Gasteiger partial charge >= 0.3 is 0 Å². The van der Waals surface area contributed by atoms with Crippen molar-refractivity contribution in [1.82, 2.24) is 10.3 Å². The Labute approximate surface area is 140 Å². The highest BCUT2D eigenvalue weighted by atomic mass is 32.2. The third-order valence-electron chi connectivity index (χ3n) is 3.85. The predicted molar refractivity (Wildman–Crippen MR) is 95.8 cm³/mol. The van der Waals surface area contributed by atoms with Crippen molar-refractivity contribution in [2.45, 2.75) is 18.0 Å². The lowest BCUT2D eigenvalue weighted by molar-refractivity contribution is 0.0936. The van der Waals surface area contributed by atoms with Gasteiger partial charge in [0.05, 0.1) is 11.6 Å². The van der Waals surface area contributed by atoms with E-state index < -0.39 is 0 Å². The van der Waals surface area contributed by atoms with Gasteiger partial charge in [0.15, 0.2) is 0 Å². The molecule has 1 aromatic heterocycles. The van der Waals surface area contributed by atoms with E-state index in [0.29, 0.717) is 5.56 Å². The highest BCUT2D eigenvalue weighted by Crippen LogP contribution is 2.25. The van der Waals surface area contributed by atoms with Gasteiger partial charge in [-0.1, -0.05) is 42.5 Å². The van der Waals surface area contributed by atoms with Crippen molar-refractivity contribution >= 4 is 28.4 Å². The molecule has 0 saturated carbocycles. The fraction of sp³-hybridized carbons (Fsp3) is 0.158. The average Bonchev–Trinajstić information content (AvgIpc) is 2.61. The van der Waals surface area contributed by atoms with Crippen LogP contribution in [0.2, 0.25) is 0 Å². The molecular formula is C19H18N2OS. The molecule has 0 unspecified atom stereocenters. The smallest absolute Gasteiger partial charge is 0.254 e. The minimum atomic E-state index is -0.0946. The lowest BCUT2D eigenvalue weighted by Gasteiger charge is -2.17. The summed E-state index contributed by atoms with van der Waals surface area (Å²) in [5, 5.41) is 6.18. The molecule has 23 heavy (non-hydrogen) atoms. The molecule has 3 aromatic rings. The fourth-order valence-electron chi connectivity index (χ4n) is 2.71. The van der Waals surface area contributed by atoms with E-state index in [1.807, 2.05) is 37.4 Å². The number of rotatable bonds is 4. The summed E-state index contributed by atoms with van der Waals surface area (Å²) >= 11 is 1.48. The van der Waals surface area contributed by atoms with Crippen LogP contribution in [0, 0.1) is 0 Å². The van der Waals surface area contributed by atoms with Gasteiger partial charge in [-0.15, -0.1) is 11.8 Å². The molecule has 116 valence electrons. The number of pyridine rings is 1. The third-order valence-corrected chi connectivity index (χ3v) is 4.56. The number of nitrogens with zero attached hydrogens (tertiary/aromatic N) is 1. The number of benzene rings is 2. The zero-order valence-electron chi connectivity index (χ0n) is 13.1. The summed E-state index contributed by atoms with van der Waals surface area (Å²) in [5.41, 5.74) is 1.73. The number of nitrogens with one attached hydrogen (secondary N) is 1. The minimum Gasteiger partial charge on any atom is -0.345 e. The second-order valence-corrected chi connectivity index (χ2v) is 6.12. The molecule has 0 bridgehead atoms. The third kappa shape index (κ3) is 3.22. The molecular weight excluding hydrogens is 304 g/mol. The maximum atomic E-state index is 12.6. The summed E-state index contributed by atoms with van der Waals surface area (Å²) < 4.78 is 0. The maximum absolute atomic E-state index is 12.6. The number of carbonyl (C=O) groups is 1. The number of amides is 1. The molecule has 4 heteroatoms. The van der Waals surface area contributed by atoms with E-state index in [1.165, 1.54) is 22.5 Å². The second-order valence-electron chi connectivity index (χ2n) is 5.32. The van der Waals surface area contributed by atoms with Crippen molar-refractivity contribution in [2.75, 3.05) is 6.26 Å². The molecule has 0 aliphatic rings. The van der Waals surface area contributed by atoms with Gasteiger partial charge < -0.3 is 5.32 Å². The Morgan fingerprint density at radius 1 is 1.09 bits per heavy atom. The molecule has 0 aliphatic carbocycles. The van der Waals surface area contributed by atoms with Crippen LogP contribution in [0.15, 0.2) is 65.8 Å². The van der Waals surface area contributed by atoms with E-state index in [0.717, 1.165) is 10.6 Å². The quantitative estimate of drug-likeness (QED) is 0.722. The van der Waals surface area contributed by atoms with Crippen molar-refractivity contribution in [3.63, 3.8) is 0 Å². The van der Waals surface area contributed by atoms with Crippen molar-refractivity contribution in [3.8, 4) is 0 Å². The van der Waals surface area contributed by atoms with E-state index in [2.05, 4.69) is 34.6 Å². The first-order chi connectivity index (χ1) is 11.2. The first-order valence-electron chi connectivity index (χ1n) is 7.48. The van der Waals surface area contributed by atoms with Crippen molar-refractivity contribution in [3.05, 3.63) is 71.9 Å². The predicted octanol–water partition coefficient (Wildman–Crippen LogP) is 4.45. The monoisotopic (exact) mass is 322 g/mol. The Balaban J connectivity index is 1.89. The van der Waals surface area contributed by atoms with Crippen LogP contribution in [0.5, 0.6) is 0 Å². The minimum absolute atomic E-state index is 0.0801. The first kappa shape index (κ1) is 15.6. The van der Waals surface area contributed by atoms with Crippen LogP contribution in [0.4, 0.5) is 0 Å². The van der Waals surface area contributed by atoms with Gasteiger partial charge in [-0.3, -0.25) is 4.79 Å². The van der Waals surface area contributed by atoms with Crippen LogP contribution in [0.1, 0.15) is 28.9 Å². The van der Waals surface area contributed by atoms with E-state index >= 15 is 0 Å². The summed E-state index contributed by atoms with van der Waals surface area (Å²) in [5.74, 6) is -0.0946. The van der Waals surface area contributed by atoms with Gasteiger partial charge in [-0.2, -0.15) is 0 Å². The van der Waals surface area contributed by atoms with Crippen LogP contribution in [0.25, 0.3) is 10.8 Å². The normalized spacial score (nSPS) is 12.1. The molecule has 0 spiro atoms. The summed E-state index contributed by atoms with van der Waals surface area (Å²) in [6.07, 6.45) is 3.63. The number of hydrogen-bond donors (Lipinski definition) is 1. The average molecular weight is 322 g/mol. The molecule has 0 fully saturated rings. The Kier molecular flexibility index (Phi) is 4.63. The van der Waals surface area contributed by atoms with Gasteiger partial charge in [0, 0.05) is 6.20 Å². The number of fused-ring (bicyclic) bond motifs is 1. The van der Waals surface area contributed by atoms with Crippen LogP contribution >= 0.6 is 11.8 Å². The van der Waals surface area contributed by atoms with Crippen molar-refractivity contribution < 1.29 is 4.79 Å². The molecule has 2 aromatic carbocycles. The molecule has 0 saturated heterocycles. The topological polar surface area (TPSA) is 42.0 Å². The summed E-state index contributed by atoms with van der Waals surface area (Å²) in [7, 11) is 0. The van der Waals surface area contributed by atoms with Gasteiger partial charge in [0.2, 0.25) is 0 Å². The molecule has 3 nitrogen and oxygen atoms in total. The molecule has 1 atom stereocenters. The highest BCUT2D eigenvalue weighted by Gasteiger charge is 2.16. The summed E-state index contributed by atoms with van der Waals surface area (Å²) in [4.78, 5) is 16.8. The maximum Gasteiger partial charge on any atom is 0.254 e. The molecule has 1 N–H and O–H groups in total. The fourth-order valence-corrected chi connectivity index (χ4v) is 3.25. The molecule has 0 radical (unpaired) electrons. The van der Waals surface area contributed by atoms with Crippen molar-refractivity contribution in [1.29, 1.82) is 0 Å². The lowest BCUT2D eigenvalue weighted by Crippen LogP contribution is -2.27. The number of aromatic nitrogens is 1. The number of thioether (sulfide) groups is 1.